The molecule has 6 nitrogen and oxygen atoms in total. The molecule has 2 aromatic rings. The van der Waals surface area contributed by atoms with E-state index in [0.717, 1.165) is 11.6 Å². The summed E-state index contributed by atoms with van der Waals surface area (Å²) < 4.78 is 12.7. The Morgan fingerprint density at radius 3 is 2.90 bits per heavy atom. The summed E-state index contributed by atoms with van der Waals surface area (Å²) in [6.07, 6.45) is 6.10. The molecule has 1 N–H and O–H groups in total. The number of hydrogen-bond donors (Lipinski definition) is 1. The predicted molar refractivity (Wildman–Crippen MR) is 77.2 cm³/mol. The van der Waals surface area contributed by atoms with E-state index in [0.29, 0.717) is 23.7 Å². The second-order valence-corrected chi connectivity index (χ2v) is 4.36. The van der Waals surface area contributed by atoms with Gasteiger partial charge in [0.1, 0.15) is 6.61 Å². The van der Waals surface area contributed by atoms with Crippen LogP contribution in [0.3, 0.4) is 0 Å². The van der Waals surface area contributed by atoms with Gasteiger partial charge in [0.2, 0.25) is 0 Å². The summed E-state index contributed by atoms with van der Waals surface area (Å²) in [5.74, 6) is 0.0313. The zero-order valence-electron chi connectivity index (χ0n) is 11.8. The largest absolute Gasteiger partial charge is 0.493 e. The first kappa shape index (κ1) is 14.6. The lowest BCUT2D eigenvalue weighted by Crippen LogP contribution is -1.99. The number of aromatic nitrogens is 2. The fourth-order valence-corrected chi connectivity index (χ4v) is 1.84. The van der Waals surface area contributed by atoms with E-state index in [4.69, 9.17) is 14.6 Å². The lowest BCUT2D eigenvalue weighted by molar-refractivity contribution is -0.131. The first-order valence-electron chi connectivity index (χ1n) is 6.28. The standard InChI is InChI=1S/C15H16N2O4/c1-17-9-11(8-16-17)10-21-15-12(6-7-14(18)19)4-3-5-13(15)20-2/h3-9H,10H2,1-2H3,(H,18,19)/b7-6+. The van der Waals surface area contributed by atoms with Crippen LogP contribution in [0.25, 0.3) is 6.08 Å². The Labute approximate surface area is 122 Å². The highest BCUT2D eigenvalue weighted by Crippen LogP contribution is 2.32. The first-order chi connectivity index (χ1) is 10.1. The second kappa shape index (κ2) is 6.60. The van der Waals surface area contributed by atoms with E-state index < -0.39 is 5.97 Å². The van der Waals surface area contributed by atoms with E-state index in [1.165, 1.54) is 13.2 Å². The number of ether oxygens (including phenoxy) is 2. The van der Waals surface area contributed by atoms with E-state index in [9.17, 15) is 4.79 Å². The predicted octanol–water partition coefficient (Wildman–Crippen LogP) is 2.11. The molecule has 110 valence electrons. The van der Waals surface area contributed by atoms with Crippen molar-refractivity contribution in [2.24, 2.45) is 7.05 Å². The van der Waals surface area contributed by atoms with Crippen LogP contribution in [0.4, 0.5) is 0 Å². The van der Waals surface area contributed by atoms with Crippen molar-refractivity contribution in [1.82, 2.24) is 9.78 Å². The zero-order chi connectivity index (χ0) is 15.2. The Morgan fingerprint density at radius 2 is 2.29 bits per heavy atom. The molecular formula is C15H16N2O4. The molecule has 1 aromatic heterocycles. The average Bonchev–Trinajstić information content (AvgIpc) is 2.88. The molecule has 6 heteroatoms. The fraction of sp³-hybridized carbons (Fsp3) is 0.200. The van der Waals surface area contributed by atoms with Crippen LogP contribution in [0.15, 0.2) is 36.7 Å². The summed E-state index contributed by atoms with van der Waals surface area (Å²) >= 11 is 0. The van der Waals surface area contributed by atoms with Gasteiger partial charge in [0, 0.05) is 30.4 Å². The molecule has 0 atom stereocenters. The molecule has 0 radical (unpaired) electrons. The van der Waals surface area contributed by atoms with Gasteiger partial charge < -0.3 is 14.6 Å². The normalized spacial score (nSPS) is 10.8. The molecule has 0 saturated heterocycles. The van der Waals surface area contributed by atoms with Crippen molar-refractivity contribution in [2.75, 3.05) is 7.11 Å². The quantitative estimate of drug-likeness (QED) is 0.824. The topological polar surface area (TPSA) is 73.6 Å². The fourth-order valence-electron chi connectivity index (χ4n) is 1.84. The maximum Gasteiger partial charge on any atom is 0.328 e. The number of rotatable bonds is 6. The van der Waals surface area contributed by atoms with Crippen LogP contribution in [-0.4, -0.2) is 28.0 Å². The van der Waals surface area contributed by atoms with Crippen LogP contribution in [0.2, 0.25) is 0 Å². The van der Waals surface area contributed by atoms with E-state index in [2.05, 4.69) is 5.10 Å². The Morgan fingerprint density at radius 1 is 1.48 bits per heavy atom. The van der Waals surface area contributed by atoms with Crippen LogP contribution in [0.1, 0.15) is 11.1 Å². The third kappa shape index (κ3) is 3.85. The van der Waals surface area contributed by atoms with E-state index in [1.54, 1.807) is 29.1 Å². The van der Waals surface area contributed by atoms with Crippen molar-refractivity contribution in [1.29, 1.82) is 0 Å². The number of carboxylic acids is 1. The molecule has 0 unspecified atom stereocenters. The van der Waals surface area contributed by atoms with E-state index >= 15 is 0 Å². The smallest absolute Gasteiger partial charge is 0.328 e. The van der Waals surface area contributed by atoms with Gasteiger partial charge in [-0.15, -0.1) is 0 Å². The minimum absolute atomic E-state index is 0.322. The zero-order valence-corrected chi connectivity index (χ0v) is 11.8. The number of aliphatic carboxylic acids is 1. The van der Waals surface area contributed by atoms with Crippen molar-refractivity contribution in [3.63, 3.8) is 0 Å². The monoisotopic (exact) mass is 288 g/mol. The maximum atomic E-state index is 10.7. The maximum absolute atomic E-state index is 10.7. The van der Waals surface area contributed by atoms with Crippen molar-refractivity contribution in [2.45, 2.75) is 6.61 Å². The van der Waals surface area contributed by atoms with Crippen molar-refractivity contribution in [3.05, 3.63) is 47.8 Å². The van der Waals surface area contributed by atoms with Gasteiger partial charge in [-0.1, -0.05) is 12.1 Å². The molecule has 2 rings (SSSR count). The van der Waals surface area contributed by atoms with Gasteiger partial charge in [0.15, 0.2) is 11.5 Å². The Balaban J connectivity index is 2.24. The Kier molecular flexibility index (Phi) is 4.61. The number of hydrogen-bond acceptors (Lipinski definition) is 4. The molecule has 0 bridgehead atoms. The molecule has 21 heavy (non-hydrogen) atoms. The van der Waals surface area contributed by atoms with Gasteiger partial charge >= 0.3 is 5.97 Å². The number of para-hydroxylation sites is 1. The number of carboxylic acid groups (broad SMARTS) is 1. The molecular weight excluding hydrogens is 272 g/mol. The van der Waals surface area contributed by atoms with Crippen LogP contribution in [0.5, 0.6) is 11.5 Å². The van der Waals surface area contributed by atoms with Gasteiger partial charge in [0.25, 0.3) is 0 Å². The minimum atomic E-state index is -1.02. The van der Waals surface area contributed by atoms with E-state index in [1.807, 2.05) is 13.2 Å². The number of carbonyl (C=O) groups is 1. The van der Waals surface area contributed by atoms with Crippen LogP contribution < -0.4 is 9.47 Å². The number of methoxy groups -OCH3 is 1. The van der Waals surface area contributed by atoms with Crippen molar-refractivity contribution in [3.8, 4) is 11.5 Å². The summed E-state index contributed by atoms with van der Waals surface area (Å²) in [6.45, 7) is 0.322. The van der Waals surface area contributed by atoms with Crippen LogP contribution in [-0.2, 0) is 18.4 Å². The van der Waals surface area contributed by atoms with Gasteiger partial charge in [-0.2, -0.15) is 5.10 Å². The highest BCUT2D eigenvalue weighted by atomic mass is 16.5. The third-order valence-electron chi connectivity index (χ3n) is 2.78. The first-order valence-corrected chi connectivity index (χ1v) is 6.28. The van der Waals surface area contributed by atoms with Crippen LogP contribution >= 0.6 is 0 Å². The summed E-state index contributed by atoms with van der Waals surface area (Å²) in [4.78, 5) is 10.7. The molecule has 0 aliphatic carbocycles. The Hall–Kier alpha value is -2.76. The Bertz CT molecular complexity index is 661. The highest BCUT2D eigenvalue weighted by molar-refractivity contribution is 5.86. The van der Waals surface area contributed by atoms with Crippen molar-refractivity contribution < 1.29 is 19.4 Å². The average molecular weight is 288 g/mol. The van der Waals surface area contributed by atoms with Gasteiger partial charge in [0.05, 0.1) is 13.3 Å². The molecule has 0 fully saturated rings. The molecule has 1 heterocycles. The molecule has 1 aromatic carbocycles. The van der Waals surface area contributed by atoms with Crippen molar-refractivity contribution >= 4 is 12.0 Å². The number of nitrogens with zero attached hydrogens (tertiary/aromatic N) is 2. The van der Waals surface area contributed by atoms with Gasteiger partial charge in [-0.3, -0.25) is 4.68 Å². The van der Waals surface area contributed by atoms with Gasteiger partial charge in [-0.05, 0) is 12.1 Å². The lowest BCUT2D eigenvalue weighted by Gasteiger charge is -2.12. The minimum Gasteiger partial charge on any atom is -0.493 e. The SMILES string of the molecule is COc1cccc(/C=C/C(=O)O)c1OCc1cnn(C)c1. The summed E-state index contributed by atoms with van der Waals surface area (Å²) in [7, 11) is 3.37. The molecule has 0 amide bonds. The summed E-state index contributed by atoms with van der Waals surface area (Å²) in [6, 6.07) is 5.30. The molecule has 0 aliphatic heterocycles. The number of aryl methyl sites for hydroxylation is 1. The molecule has 0 aliphatic rings. The molecule has 0 spiro atoms. The highest BCUT2D eigenvalue weighted by Gasteiger charge is 2.10. The third-order valence-corrected chi connectivity index (χ3v) is 2.78. The van der Waals surface area contributed by atoms with Gasteiger partial charge in [-0.25, -0.2) is 4.79 Å². The lowest BCUT2D eigenvalue weighted by atomic mass is 10.1. The summed E-state index contributed by atoms with van der Waals surface area (Å²) in [5, 5.41) is 12.8. The second-order valence-electron chi connectivity index (χ2n) is 4.36. The number of benzene rings is 1. The molecule has 0 saturated carbocycles. The van der Waals surface area contributed by atoms with Crippen LogP contribution in [0, 0.1) is 0 Å². The summed E-state index contributed by atoms with van der Waals surface area (Å²) in [5.41, 5.74) is 1.55. The van der Waals surface area contributed by atoms with E-state index in [-0.39, 0.29) is 0 Å².